The molecule has 120 valence electrons. The van der Waals surface area contributed by atoms with Gasteiger partial charge in [-0.05, 0) is 23.6 Å². The van der Waals surface area contributed by atoms with Crippen molar-refractivity contribution in [3.63, 3.8) is 0 Å². The Morgan fingerprint density at radius 1 is 1.22 bits per heavy atom. The van der Waals surface area contributed by atoms with Gasteiger partial charge in [0.2, 0.25) is 5.96 Å². The van der Waals surface area contributed by atoms with Gasteiger partial charge in [0.05, 0.1) is 0 Å². The SMILES string of the molecule is CN=C1N(C)C(=O)C(=Cc2c[nH]c3cc(C(C)C)ccc23)N1C. The lowest BCUT2D eigenvalue weighted by Gasteiger charge is -2.12. The Labute approximate surface area is 136 Å². The first kappa shape index (κ1) is 15.3. The standard InChI is InChI=1S/C18H22N4O/c1-11(2)12-6-7-14-13(10-20-15(14)8-12)9-16-17(23)22(5)18(19-3)21(16)4/h6-11,20H,1-5H3. The molecule has 0 spiro atoms. The van der Waals surface area contributed by atoms with Crippen molar-refractivity contribution in [1.82, 2.24) is 14.8 Å². The summed E-state index contributed by atoms with van der Waals surface area (Å²) in [5.41, 5.74) is 4.03. The van der Waals surface area contributed by atoms with Crippen LogP contribution in [-0.2, 0) is 4.79 Å². The maximum absolute atomic E-state index is 12.4. The molecular weight excluding hydrogens is 288 g/mol. The average molecular weight is 310 g/mol. The fraction of sp³-hybridized carbons (Fsp3) is 0.333. The number of carbonyl (C=O) groups is 1. The molecule has 1 N–H and O–H groups in total. The molecule has 1 fully saturated rings. The van der Waals surface area contributed by atoms with Crippen molar-refractivity contribution in [2.24, 2.45) is 4.99 Å². The van der Waals surface area contributed by atoms with E-state index < -0.39 is 0 Å². The number of hydrogen-bond donors (Lipinski definition) is 1. The highest BCUT2D eigenvalue weighted by Crippen LogP contribution is 2.27. The molecule has 0 unspecified atom stereocenters. The van der Waals surface area contributed by atoms with Crippen LogP contribution in [0.25, 0.3) is 17.0 Å². The molecule has 1 aliphatic rings. The number of aromatic nitrogens is 1. The molecule has 1 saturated heterocycles. The molecule has 23 heavy (non-hydrogen) atoms. The summed E-state index contributed by atoms with van der Waals surface area (Å²) < 4.78 is 0. The number of likely N-dealkylation sites (N-methyl/N-ethyl adjacent to an activating group) is 2. The van der Waals surface area contributed by atoms with E-state index in [0.29, 0.717) is 17.6 Å². The number of aromatic amines is 1. The second-order valence-corrected chi connectivity index (χ2v) is 6.18. The molecule has 0 bridgehead atoms. The van der Waals surface area contributed by atoms with Crippen molar-refractivity contribution in [1.29, 1.82) is 0 Å². The first-order chi connectivity index (χ1) is 10.9. The van der Waals surface area contributed by atoms with Crippen LogP contribution in [0.4, 0.5) is 0 Å². The van der Waals surface area contributed by atoms with Gasteiger partial charge in [0, 0.05) is 43.8 Å². The van der Waals surface area contributed by atoms with Crippen molar-refractivity contribution in [2.75, 3.05) is 21.1 Å². The Morgan fingerprint density at radius 3 is 2.57 bits per heavy atom. The molecule has 1 aromatic carbocycles. The molecule has 0 saturated carbocycles. The molecular formula is C18H22N4O. The summed E-state index contributed by atoms with van der Waals surface area (Å²) in [7, 11) is 5.30. The summed E-state index contributed by atoms with van der Waals surface area (Å²) >= 11 is 0. The second-order valence-electron chi connectivity index (χ2n) is 6.18. The van der Waals surface area contributed by atoms with Gasteiger partial charge in [0.1, 0.15) is 5.70 Å². The monoisotopic (exact) mass is 310 g/mol. The lowest BCUT2D eigenvalue weighted by molar-refractivity contribution is -0.121. The van der Waals surface area contributed by atoms with Crippen molar-refractivity contribution in [3.05, 3.63) is 41.2 Å². The number of carbonyl (C=O) groups excluding carboxylic acids is 1. The maximum atomic E-state index is 12.4. The fourth-order valence-corrected chi connectivity index (χ4v) is 2.99. The number of rotatable bonds is 2. The average Bonchev–Trinajstić information content (AvgIpc) is 3.02. The first-order valence-electron chi connectivity index (χ1n) is 7.75. The van der Waals surface area contributed by atoms with E-state index in [1.165, 1.54) is 5.56 Å². The van der Waals surface area contributed by atoms with Crippen LogP contribution in [0.15, 0.2) is 35.1 Å². The largest absolute Gasteiger partial charge is 0.361 e. The Morgan fingerprint density at radius 2 is 1.96 bits per heavy atom. The smallest absolute Gasteiger partial charge is 0.277 e. The van der Waals surface area contributed by atoms with Crippen LogP contribution in [0, 0.1) is 0 Å². The number of guanidine groups is 1. The lowest BCUT2D eigenvalue weighted by Crippen LogP contribution is -2.29. The van der Waals surface area contributed by atoms with Gasteiger partial charge in [-0.1, -0.05) is 26.0 Å². The van der Waals surface area contributed by atoms with E-state index >= 15 is 0 Å². The maximum Gasteiger partial charge on any atom is 0.277 e. The predicted octanol–water partition coefficient (Wildman–Crippen LogP) is 3.02. The van der Waals surface area contributed by atoms with Crippen molar-refractivity contribution >= 4 is 28.8 Å². The van der Waals surface area contributed by atoms with Gasteiger partial charge in [-0.25, -0.2) is 0 Å². The van der Waals surface area contributed by atoms with Gasteiger partial charge in [-0.3, -0.25) is 14.7 Å². The van der Waals surface area contributed by atoms with Gasteiger partial charge >= 0.3 is 0 Å². The van der Waals surface area contributed by atoms with E-state index in [4.69, 9.17) is 0 Å². The predicted molar refractivity (Wildman–Crippen MR) is 94.3 cm³/mol. The highest BCUT2D eigenvalue weighted by atomic mass is 16.2. The minimum atomic E-state index is -0.0405. The van der Waals surface area contributed by atoms with Gasteiger partial charge in [0.25, 0.3) is 5.91 Å². The molecule has 2 heterocycles. The quantitative estimate of drug-likeness (QED) is 0.867. The number of fused-ring (bicyclic) bond motifs is 1. The van der Waals surface area contributed by atoms with Crippen LogP contribution >= 0.6 is 0 Å². The molecule has 5 nitrogen and oxygen atoms in total. The molecule has 1 amide bonds. The number of H-pyrrole nitrogens is 1. The van der Waals surface area contributed by atoms with E-state index in [1.54, 1.807) is 19.0 Å². The van der Waals surface area contributed by atoms with Crippen molar-refractivity contribution < 1.29 is 4.79 Å². The zero-order chi connectivity index (χ0) is 16.7. The molecule has 5 heteroatoms. The fourth-order valence-electron chi connectivity index (χ4n) is 2.99. The van der Waals surface area contributed by atoms with Gasteiger partial charge in [-0.2, -0.15) is 0 Å². The highest BCUT2D eigenvalue weighted by molar-refractivity contribution is 6.15. The van der Waals surface area contributed by atoms with E-state index in [1.807, 2.05) is 24.2 Å². The molecule has 1 aliphatic heterocycles. The Hall–Kier alpha value is -2.56. The third kappa shape index (κ3) is 2.42. The number of amides is 1. The summed E-state index contributed by atoms with van der Waals surface area (Å²) in [6.07, 6.45) is 3.87. The van der Waals surface area contributed by atoms with E-state index in [-0.39, 0.29) is 5.91 Å². The molecule has 0 atom stereocenters. The lowest BCUT2D eigenvalue weighted by atomic mass is 10.0. The number of nitrogens with zero attached hydrogens (tertiary/aromatic N) is 3. The number of aliphatic imine (C=N–C) groups is 1. The van der Waals surface area contributed by atoms with Crippen LogP contribution in [0.2, 0.25) is 0 Å². The summed E-state index contributed by atoms with van der Waals surface area (Å²) in [5.74, 6) is 1.11. The van der Waals surface area contributed by atoms with Crippen LogP contribution < -0.4 is 0 Å². The Bertz CT molecular complexity index is 829. The molecule has 3 rings (SSSR count). The normalized spacial score (nSPS) is 19.1. The van der Waals surface area contributed by atoms with Gasteiger partial charge < -0.3 is 9.88 Å². The Kier molecular flexibility index (Phi) is 3.72. The first-order valence-corrected chi connectivity index (χ1v) is 7.75. The summed E-state index contributed by atoms with van der Waals surface area (Å²) in [6.45, 7) is 4.36. The third-order valence-corrected chi connectivity index (χ3v) is 4.38. The molecule has 1 aromatic heterocycles. The van der Waals surface area contributed by atoms with Gasteiger partial charge in [0.15, 0.2) is 0 Å². The van der Waals surface area contributed by atoms with Crippen LogP contribution in [0.1, 0.15) is 30.9 Å². The highest BCUT2D eigenvalue weighted by Gasteiger charge is 2.33. The number of nitrogens with one attached hydrogen (secondary N) is 1. The minimum absolute atomic E-state index is 0.0405. The summed E-state index contributed by atoms with van der Waals surface area (Å²) in [6, 6.07) is 6.44. The number of benzene rings is 1. The minimum Gasteiger partial charge on any atom is -0.361 e. The van der Waals surface area contributed by atoms with Crippen LogP contribution in [-0.4, -0.2) is 47.8 Å². The number of hydrogen-bond acceptors (Lipinski definition) is 2. The van der Waals surface area contributed by atoms with Crippen molar-refractivity contribution in [3.8, 4) is 0 Å². The third-order valence-electron chi connectivity index (χ3n) is 4.38. The molecule has 2 aromatic rings. The van der Waals surface area contributed by atoms with Crippen LogP contribution in [0.5, 0.6) is 0 Å². The van der Waals surface area contributed by atoms with Crippen LogP contribution in [0.3, 0.4) is 0 Å². The van der Waals surface area contributed by atoms with E-state index in [9.17, 15) is 4.79 Å². The zero-order valence-electron chi connectivity index (χ0n) is 14.2. The summed E-state index contributed by atoms with van der Waals surface area (Å²) in [5, 5.41) is 1.12. The zero-order valence-corrected chi connectivity index (χ0v) is 14.2. The summed E-state index contributed by atoms with van der Waals surface area (Å²) in [4.78, 5) is 23.3. The topological polar surface area (TPSA) is 51.7 Å². The van der Waals surface area contributed by atoms with Crippen molar-refractivity contribution in [2.45, 2.75) is 19.8 Å². The van der Waals surface area contributed by atoms with Gasteiger partial charge in [-0.15, -0.1) is 0 Å². The van der Waals surface area contributed by atoms with E-state index in [2.05, 4.69) is 42.0 Å². The molecule has 0 aliphatic carbocycles. The Balaban J connectivity index is 2.06. The van der Waals surface area contributed by atoms with E-state index in [0.717, 1.165) is 16.5 Å². The second kappa shape index (κ2) is 5.57. The molecule has 0 radical (unpaired) electrons.